The predicted octanol–water partition coefficient (Wildman–Crippen LogP) is 18.8. The van der Waals surface area contributed by atoms with E-state index in [0.29, 0.717) is 19.3 Å². The summed E-state index contributed by atoms with van der Waals surface area (Å²) in [5.41, 5.74) is 0. The molecule has 382 valence electrons. The lowest BCUT2D eigenvalue weighted by Gasteiger charge is -2.18. The molecule has 0 aliphatic heterocycles. The van der Waals surface area contributed by atoms with Crippen molar-refractivity contribution in [3.8, 4) is 0 Å². The lowest BCUT2D eigenvalue weighted by Crippen LogP contribution is -2.30. The van der Waals surface area contributed by atoms with Crippen LogP contribution in [0.25, 0.3) is 0 Å². The number of carbonyl (C=O) groups excluding carboxylic acids is 3. The Labute approximate surface area is 409 Å². The number of hydrogen-bond acceptors (Lipinski definition) is 6. The van der Waals surface area contributed by atoms with Crippen molar-refractivity contribution in [1.82, 2.24) is 0 Å². The van der Waals surface area contributed by atoms with E-state index in [2.05, 4.69) is 81.5 Å². The molecule has 0 fully saturated rings. The van der Waals surface area contributed by atoms with Gasteiger partial charge in [0.15, 0.2) is 6.10 Å². The van der Waals surface area contributed by atoms with Gasteiger partial charge in [-0.15, -0.1) is 0 Å². The molecule has 6 heteroatoms. The molecule has 0 heterocycles. The van der Waals surface area contributed by atoms with Gasteiger partial charge in [0.05, 0.1) is 0 Å². The standard InChI is InChI=1S/C60H106O6/c1-4-7-10-13-16-19-22-24-26-28-30-32-33-35-38-41-44-47-50-53-59(62)65-56-57(55-64-58(61)52-49-46-43-40-37-21-18-15-12-9-6-3)66-60(63)54-51-48-45-42-39-36-34-31-29-27-25-23-20-17-14-11-8-5-2/h9,12,16,18-19,21-22,24,40,43,57H,4-8,10-11,13-15,17,20,23,25-39,41-42,44-56H2,1-3H3/b12-9-,19-16-,21-18-,24-22-,43-40-. The first-order chi connectivity index (χ1) is 32.5. The van der Waals surface area contributed by atoms with Crippen LogP contribution in [0.5, 0.6) is 0 Å². The molecule has 0 aromatic carbocycles. The zero-order chi connectivity index (χ0) is 47.9. The molecule has 1 atom stereocenters. The van der Waals surface area contributed by atoms with Crippen molar-refractivity contribution in [3.05, 3.63) is 60.8 Å². The highest BCUT2D eigenvalue weighted by Crippen LogP contribution is 2.16. The summed E-state index contributed by atoms with van der Waals surface area (Å²) in [6, 6.07) is 0. The van der Waals surface area contributed by atoms with Gasteiger partial charge < -0.3 is 14.2 Å². The zero-order valence-corrected chi connectivity index (χ0v) is 43.7. The van der Waals surface area contributed by atoms with Crippen LogP contribution in [-0.2, 0) is 28.6 Å². The monoisotopic (exact) mass is 923 g/mol. The van der Waals surface area contributed by atoms with Crippen LogP contribution in [0.4, 0.5) is 0 Å². The Balaban J connectivity index is 4.33. The molecule has 0 saturated carbocycles. The summed E-state index contributed by atoms with van der Waals surface area (Å²) in [5.74, 6) is -0.938. The van der Waals surface area contributed by atoms with Crippen LogP contribution in [0.15, 0.2) is 60.8 Å². The molecule has 0 aromatic heterocycles. The second-order valence-electron chi connectivity index (χ2n) is 18.9. The highest BCUT2D eigenvalue weighted by molar-refractivity contribution is 5.71. The minimum absolute atomic E-state index is 0.0894. The second kappa shape index (κ2) is 54.7. The van der Waals surface area contributed by atoms with Gasteiger partial charge in [-0.25, -0.2) is 0 Å². The van der Waals surface area contributed by atoms with Crippen molar-refractivity contribution in [2.24, 2.45) is 0 Å². The summed E-state index contributed by atoms with van der Waals surface area (Å²) in [6.07, 6.45) is 68.0. The first kappa shape index (κ1) is 63.1. The summed E-state index contributed by atoms with van der Waals surface area (Å²) in [7, 11) is 0. The van der Waals surface area contributed by atoms with Crippen LogP contribution in [0, 0.1) is 0 Å². The largest absolute Gasteiger partial charge is 0.462 e. The summed E-state index contributed by atoms with van der Waals surface area (Å²) in [6.45, 7) is 6.47. The topological polar surface area (TPSA) is 78.9 Å². The van der Waals surface area contributed by atoms with E-state index in [1.54, 1.807) is 0 Å². The van der Waals surface area contributed by atoms with Crippen LogP contribution in [0.2, 0.25) is 0 Å². The maximum Gasteiger partial charge on any atom is 0.306 e. The molecule has 66 heavy (non-hydrogen) atoms. The third-order valence-corrected chi connectivity index (χ3v) is 12.3. The van der Waals surface area contributed by atoms with E-state index in [-0.39, 0.29) is 37.5 Å². The Morgan fingerprint density at radius 2 is 0.652 bits per heavy atom. The van der Waals surface area contributed by atoms with Gasteiger partial charge in [-0.2, -0.15) is 0 Å². The van der Waals surface area contributed by atoms with E-state index in [4.69, 9.17) is 14.2 Å². The van der Waals surface area contributed by atoms with Crippen LogP contribution >= 0.6 is 0 Å². The third-order valence-electron chi connectivity index (χ3n) is 12.3. The minimum Gasteiger partial charge on any atom is -0.462 e. The minimum atomic E-state index is -0.793. The molecule has 6 nitrogen and oxygen atoms in total. The van der Waals surface area contributed by atoms with Gasteiger partial charge in [0.1, 0.15) is 13.2 Å². The Bertz CT molecular complexity index is 1200. The molecule has 0 spiro atoms. The van der Waals surface area contributed by atoms with E-state index in [9.17, 15) is 14.4 Å². The maximum absolute atomic E-state index is 12.8. The van der Waals surface area contributed by atoms with E-state index in [1.807, 2.05) is 0 Å². The normalized spacial score (nSPS) is 12.5. The summed E-state index contributed by atoms with van der Waals surface area (Å²) in [5, 5.41) is 0. The van der Waals surface area contributed by atoms with E-state index in [0.717, 1.165) is 64.2 Å². The fourth-order valence-electron chi connectivity index (χ4n) is 8.05. The molecule has 0 aliphatic rings. The van der Waals surface area contributed by atoms with Gasteiger partial charge in [0.25, 0.3) is 0 Å². The van der Waals surface area contributed by atoms with Crippen LogP contribution in [-0.4, -0.2) is 37.2 Å². The Morgan fingerprint density at radius 1 is 0.333 bits per heavy atom. The first-order valence-electron chi connectivity index (χ1n) is 28.3. The van der Waals surface area contributed by atoms with Crippen molar-refractivity contribution in [1.29, 1.82) is 0 Å². The number of carbonyl (C=O) groups is 3. The van der Waals surface area contributed by atoms with Gasteiger partial charge >= 0.3 is 17.9 Å². The van der Waals surface area contributed by atoms with E-state index < -0.39 is 6.10 Å². The van der Waals surface area contributed by atoms with Crippen molar-refractivity contribution in [3.63, 3.8) is 0 Å². The fourth-order valence-corrected chi connectivity index (χ4v) is 8.05. The smallest absolute Gasteiger partial charge is 0.306 e. The molecule has 0 rings (SSSR count). The number of hydrogen-bond donors (Lipinski definition) is 0. The van der Waals surface area contributed by atoms with E-state index >= 15 is 0 Å². The predicted molar refractivity (Wildman–Crippen MR) is 284 cm³/mol. The summed E-state index contributed by atoms with van der Waals surface area (Å²) >= 11 is 0. The molecule has 0 bridgehead atoms. The number of unbranched alkanes of at least 4 members (excludes halogenated alkanes) is 31. The van der Waals surface area contributed by atoms with Crippen molar-refractivity contribution in [2.75, 3.05) is 13.2 Å². The van der Waals surface area contributed by atoms with Gasteiger partial charge in [-0.3, -0.25) is 14.4 Å². The third kappa shape index (κ3) is 52.1. The van der Waals surface area contributed by atoms with Gasteiger partial charge in [0.2, 0.25) is 0 Å². The Morgan fingerprint density at radius 3 is 1.09 bits per heavy atom. The molecular weight excluding hydrogens is 817 g/mol. The molecule has 0 aliphatic carbocycles. The maximum atomic E-state index is 12.8. The summed E-state index contributed by atoms with van der Waals surface area (Å²) < 4.78 is 16.8. The second-order valence-corrected chi connectivity index (χ2v) is 18.9. The number of allylic oxidation sites excluding steroid dienone is 10. The van der Waals surface area contributed by atoms with Crippen molar-refractivity contribution >= 4 is 17.9 Å². The molecule has 0 saturated heterocycles. The van der Waals surface area contributed by atoms with Crippen LogP contribution in [0.1, 0.15) is 284 Å². The molecular formula is C60H106O6. The molecule has 0 aromatic rings. The quantitative estimate of drug-likeness (QED) is 0.0199. The number of ether oxygens (including phenoxy) is 3. The SMILES string of the molecule is CC/C=C\C/C=C\C/C=C\CCCC(=O)OCC(COC(=O)CCCCCCCCCCCC/C=C\C=C/CCCCC)OC(=O)CCCCCCCCCCCCCCCCCCCC. The molecule has 0 radical (unpaired) electrons. The molecule has 0 amide bonds. The summed E-state index contributed by atoms with van der Waals surface area (Å²) in [4.78, 5) is 38.0. The molecule has 1 unspecified atom stereocenters. The molecule has 0 N–H and O–H groups in total. The Hall–Kier alpha value is -2.89. The lowest BCUT2D eigenvalue weighted by molar-refractivity contribution is -0.167. The average molecular weight is 924 g/mol. The van der Waals surface area contributed by atoms with Gasteiger partial charge in [-0.1, -0.05) is 255 Å². The lowest BCUT2D eigenvalue weighted by atomic mass is 10.0. The first-order valence-corrected chi connectivity index (χ1v) is 28.3. The van der Waals surface area contributed by atoms with E-state index in [1.165, 1.54) is 173 Å². The highest BCUT2D eigenvalue weighted by Gasteiger charge is 2.19. The van der Waals surface area contributed by atoms with Gasteiger partial charge in [0, 0.05) is 19.3 Å². The zero-order valence-electron chi connectivity index (χ0n) is 43.7. The van der Waals surface area contributed by atoms with Crippen molar-refractivity contribution in [2.45, 2.75) is 290 Å². The number of esters is 3. The fraction of sp³-hybridized carbons (Fsp3) is 0.783. The van der Waals surface area contributed by atoms with Crippen LogP contribution < -0.4 is 0 Å². The van der Waals surface area contributed by atoms with Crippen LogP contribution in [0.3, 0.4) is 0 Å². The number of rotatable bonds is 51. The Kier molecular flexibility index (Phi) is 52.3. The average Bonchev–Trinajstić information content (AvgIpc) is 3.31. The highest BCUT2D eigenvalue weighted by atomic mass is 16.6. The van der Waals surface area contributed by atoms with Gasteiger partial charge in [-0.05, 0) is 70.6 Å². The van der Waals surface area contributed by atoms with Crippen molar-refractivity contribution < 1.29 is 28.6 Å².